The first-order valence-electron chi connectivity index (χ1n) is 12.5. The lowest BCUT2D eigenvalue weighted by molar-refractivity contribution is 0.0965. The highest BCUT2D eigenvalue weighted by atomic mass is 16.5. The van der Waals surface area contributed by atoms with E-state index in [0.717, 1.165) is 22.5 Å². The molecule has 1 aliphatic rings. The van der Waals surface area contributed by atoms with E-state index in [-0.39, 0.29) is 23.9 Å². The van der Waals surface area contributed by atoms with Crippen LogP contribution in [0.25, 0.3) is 0 Å². The van der Waals surface area contributed by atoms with Gasteiger partial charge in [-0.15, -0.1) is 0 Å². The number of aryl methyl sites for hydroxylation is 1. The molecule has 0 N–H and O–H groups in total. The molecule has 4 aromatic rings. The Morgan fingerprint density at radius 1 is 0.838 bits per heavy atom. The number of ether oxygens (including phenoxy) is 1. The summed E-state index contributed by atoms with van der Waals surface area (Å²) >= 11 is 0. The molecule has 4 aromatic carbocycles. The smallest absolute Gasteiger partial charge is 0.258 e. The van der Waals surface area contributed by atoms with Crippen molar-refractivity contribution in [3.8, 4) is 5.75 Å². The summed E-state index contributed by atoms with van der Waals surface area (Å²) in [5.41, 5.74) is 4.89. The average molecular weight is 491 g/mol. The lowest BCUT2D eigenvalue weighted by Gasteiger charge is -2.43. The van der Waals surface area contributed by atoms with Crippen LogP contribution in [0.15, 0.2) is 103 Å². The minimum Gasteiger partial charge on any atom is -0.497 e. The van der Waals surface area contributed by atoms with Gasteiger partial charge < -0.3 is 14.5 Å². The Morgan fingerprint density at radius 3 is 2.27 bits per heavy atom. The van der Waals surface area contributed by atoms with E-state index in [1.54, 1.807) is 13.2 Å². The molecule has 37 heavy (non-hydrogen) atoms. The Kier molecular flexibility index (Phi) is 6.78. The maximum Gasteiger partial charge on any atom is 0.258 e. The summed E-state index contributed by atoms with van der Waals surface area (Å²) in [6.45, 7) is 4.06. The predicted molar refractivity (Wildman–Crippen MR) is 147 cm³/mol. The van der Waals surface area contributed by atoms with E-state index >= 15 is 0 Å². The summed E-state index contributed by atoms with van der Waals surface area (Å²) in [5, 5.41) is 0. The van der Waals surface area contributed by atoms with Crippen LogP contribution < -0.4 is 14.5 Å². The van der Waals surface area contributed by atoms with Gasteiger partial charge in [-0.2, -0.15) is 0 Å². The normalized spacial score (nSPS) is 16.6. The zero-order valence-corrected chi connectivity index (χ0v) is 21.3. The molecule has 0 aliphatic carbocycles. The van der Waals surface area contributed by atoms with E-state index < -0.39 is 0 Å². The molecule has 2 amide bonds. The summed E-state index contributed by atoms with van der Waals surface area (Å²) in [6, 6.07) is 32.2. The summed E-state index contributed by atoms with van der Waals surface area (Å²) in [5.74, 6) is 0.477. The van der Waals surface area contributed by atoms with Gasteiger partial charge in [0, 0.05) is 28.5 Å². The Labute approximate surface area is 217 Å². The molecule has 0 bridgehead atoms. The molecule has 0 saturated heterocycles. The second-order valence-electron chi connectivity index (χ2n) is 9.44. The first kappa shape index (κ1) is 24.3. The number of rotatable bonds is 5. The topological polar surface area (TPSA) is 49.9 Å². The van der Waals surface area contributed by atoms with Crippen molar-refractivity contribution in [2.24, 2.45) is 0 Å². The molecule has 0 unspecified atom stereocenters. The molecular weight excluding hydrogens is 460 g/mol. The number of amides is 2. The van der Waals surface area contributed by atoms with Crippen LogP contribution in [0.5, 0.6) is 5.75 Å². The fourth-order valence-corrected chi connectivity index (χ4v) is 5.09. The Hall–Kier alpha value is -4.38. The van der Waals surface area contributed by atoms with Crippen molar-refractivity contribution < 1.29 is 14.3 Å². The molecular formula is C32H30N2O3. The van der Waals surface area contributed by atoms with Crippen LogP contribution in [0.3, 0.4) is 0 Å². The second kappa shape index (κ2) is 10.3. The van der Waals surface area contributed by atoms with Gasteiger partial charge in [0.05, 0.1) is 13.2 Å². The van der Waals surface area contributed by atoms with Crippen molar-refractivity contribution in [1.29, 1.82) is 0 Å². The highest BCUT2D eigenvalue weighted by Crippen LogP contribution is 2.43. The van der Waals surface area contributed by atoms with Gasteiger partial charge in [-0.25, -0.2) is 0 Å². The summed E-state index contributed by atoms with van der Waals surface area (Å²) in [6.07, 6.45) is 0.596. The zero-order valence-electron chi connectivity index (χ0n) is 21.3. The van der Waals surface area contributed by atoms with Crippen LogP contribution in [0, 0.1) is 6.92 Å². The number of carbonyl (C=O) groups excluding carboxylic acids is 2. The lowest BCUT2D eigenvalue weighted by Crippen LogP contribution is -2.47. The highest BCUT2D eigenvalue weighted by molar-refractivity contribution is 6.09. The monoisotopic (exact) mass is 490 g/mol. The van der Waals surface area contributed by atoms with Gasteiger partial charge in [0.15, 0.2) is 0 Å². The maximum absolute atomic E-state index is 14.1. The lowest BCUT2D eigenvalue weighted by atomic mass is 9.89. The van der Waals surface area contributed by atoms with Gasteiger partial charge in [0.2, 0.25) is 0 Å². The largest absolute Gasteiger partial charge is 0.497 e. The van der Waals surface area contributed by atoms with Gasteiger partial charge in [0.25, 0.3) is 11.8 Å². The standard InChI is InChI=1S/C32H30N2O3/c1-22-16-18-24(19-17-22)31(35)33-23(2)20-30(28-14-7-8-15-29(28)33)34(26-11-5-4-6-12-26)32(36)25-10-9-13-27(21-25)37-3/h4-19,21,23,30H,20H2,1-3H3/t23-,30+/m1/s1. The SMILES string of the molecule is COc1cccc(C(=O)N(c2ccccc2)[C@H]2C[C@@H](C)N(C(=O)c3ccc(C)cc3)c3ccccc32)c1. The van der Waals surface area contributed by atoms with Crippen molar-refractivity contribution in [1.82, 2.24) is 0 Å². The molecule has 0 saturated carbocycles. The fourth-order valence-electron chi connectivity index (χ4n) is 5.09. The number of benzene rings is 4. The van der Waals surface area contributed by atoms with E-state index in [1.807, 2.05) is 121 Å². The molecule has 0 spiro atoms. The fraction of sp³-hybridized carbons (Fsp3) is 0.188. The molecule has 1 heterocycles. The number of hydrogen-bond donors (Lipinski definition) is 0. The highest BCUT2D eigenvalue weighted by Gasteiger charge is 2.39. The van der Waals surface area contributed by atoms with Gasteiger partial charge in [-0.05, 0) is 74.4 Å². The van der Waals surface area contributed by atoms with E-state index in [9.17, 15) is 9.59 Å². The minimum absolute atomic E-state index is 0.0382. The Balaban J connectivity index is 1.60. The average Bonchev–Trinajstić information content (AvgIpc) is 2.94. The van der Waals surface area contributed by atoms with E-state index in [4.69, 9.17) is 4.74 Å². The van der Waals surface area contributed by atoms with Crippen LogP contribution in [0.2, 0.25) is 0 Å². The quantitative estimate of drug-likeness (QED) is 0.308. The maximum atomic E-state index is 14.1. The minimum atomic E-state index is -0.255. The van der Waals surface area contributed by atoms with Crippen LogP contribution in [-0.2, 0) is 0 Å². The molecule has 2 atom stereocenters. The van der Waals surface area contributed by atoms with Crippen molar-refractivity contribution in [3.63, 3.8) is 0 Å². The van der Waals surface area contributed by atoms with E-state index in [1.165, 1.54) is 0 Å². The van der Waals surface area contributed by atoms with Crippen molar-refractivity contribution in [3.05, 3.63) is 125 Å². The van der Waals surface area contributed by atoms with Crippen LogP contribution in [-0.4, -0.2) is 25.0 Å². The van der Waals surface area contributed by atoms with Gasteiger partial charge in [-0.3, -0.25) is 9.59 Å². The number of nitrogens with zero attached hydrogens (tertiary/aromatic N) is 2. The van der Waals surface area contributed by atoms with Crippen molar-refractivity contribution >= 4 is 23.2 Å². The number of anilines is 2. The molecule has 5 rings (SSSR count). The number of fused-ring (bicyclic) bond motifs is 1. The molecule has 0 radical (unpaired) electrons. The van der Waals surface area contributed by atoms with E-state index in [0.29, 0.717) is 23.3 Å². The van der Waals surface area contributed by atoms with Gasteiger partial charge >= 0.3 is 0 Å². The first-order valence-corrected chi connectivity index (χ1v) is 12.5. The first-order chi connectivity index (χ1) is 18.0. The molecule has 1 aliphatic heterocycles. The third kappa shape index (κ3) is 4.73. The van der Waals surface area contributed by atoms with Gasteiger partial charge in [0.1, 0.15) is 5.75 Å². The molecule has 5 heteroatoms. The third-order valence-electron chi connectivity index (χ3n) is 6.96. The van der Waals surface area contributed by atoms with Crippen molar-refractivity contribution in [2.45, 2.75) is 32.4 Å². The molecule has 5 nitrogen and oxygen atoms in total. The second-order valence-corrected chi connectivity index (χ2v) is 9.44. The van der Waals surface area contributed by atoms with Crippen molar-refractivity contribution in [2.75, 3.05) is 16.9 Å². The predicted octanol–water partition coefficient (Wildman–Crippen LogP) is 6.83. The molecule has 186 valence electrons. The van der Waals surface area contributed by atoms with Gasteiger partial charge in [-0.1, -0.05) is 60.2 Å². The number of hydrogen-bond acceptors (Lipinski definition) is 3. The zero-order chi connectivity index (χ0) is 25.9. The number of para-hydroxylation sites is 2. The molecule has 0 aromatic heterocycles. The van der Waals surface area contributed by atoms with Crippen LogP contribution in [0.4, 0.5) is 11.4 Å². The number of methoxy groups -OCH3 is 1. The van der Waals surface area contributed by atoms with Crippen LogP contribution in [0.1, 0.15) is 51.2 Å². The Bertz CT molecular complexity index is 1420. The third-order valence-corrected chi connectivity index (χ3v) is 6.96. The van der Waals surface area contributed by atoms with E-state index in [2.05, 4.69) is 0 Å². The summed E-state index contributed by atoms with van der Waals surface area (Å²) in [7, 11) is 1.59. The van der Waals surface area contributed by atoms with Crippen LogP contribution >= 0.6 is 0 Å². The molecule has 0 fully saturated rings. The number of carbonyl (C=O) groups is 2. The Morgan fingerprint density at radius 2 is 1.54 bits per heavy atom. The summed E-state index contributed by atoms with van der Waals surface area (Å²) in [4.78, 5) is 31.5. The summed E-state index contributed by atoms with van der Waals surface area (Å²) < 4.78 is 5.38.